The average Bonchev–Trinajstić information content (AvgIpc) is 3.24. The van der Waals surface area contributed by atoms with Crippen LogP contribution in [0.3, 0.4) is 0 Å². The van der Waals surface area contributed by atoms with Crippen molar-refractivity contribution in [3.63, 3.8) is 0 Å². The van der Waals surface area contributed by atoms with Crippen molar-refractivity contribution in [3.05, 3.63) is 58.9 Å². The maximum Gasteiger partial charge on any atom is 0.440 e. The number of alkyl halides is 3. The van der Waals surface area contributed by atoms with Crippen LogP contribution < -0.4 is 5.32 Å². The highest BCUT2D eigenvalue weighted by molar-refractivity contribution is 7.91. The topological polar surface area (TPSA) is 97.8 Å². The van der Waals surface area contributed by atoms with Gasteiger partial charge in [-0.3, -0.25) is 14.7 Å². The lowest BCUT2D eigenvalue weighted by atomic mass is 9.94. The Labute approximate surface area is 220 Å². The largest absolute Gasteiger partial charge is 0.440 e. The van der Waals surface area contributed by atoms with Gasteiger partial charge in [-0.1, -0.05) is 26.8 Å². The van der Waals surface area contributed by atoms with E-state index in [0.717, 1.165) is 11.1 Å². The van der Waals surface area contributed by atoms with Crippen LogP contribution in [0.2, 0.25) is 0 Å². The van der Waals surface area contributed by atoms with Crippen LogP contribution >= 0.6 is 0 Å². The van der Waals surface area contributed by atoms with E-state index in [1.807, 2.05) is 12.1 Å². The van der Waals surface area contributed by atoms with Crippen molar-refractivity contribution in [1.82, 2.24) is 15.2 Å². The lowest BCUT2D eigenvalue weighted by molar-refractivity contribution is -0.334. The second-order valence-corrected chi connectivity index (χ2v) is 12.3. The molecule has 0 bridgehead atoms. The van der Waals surface area contributed by atoms with Gasteiger partial charge in [0.05, 0.1) is 36.1 Å². The Morgan fingerprint density at radius 3 is 2.47 bits per heavy atom. The van der Waals surface area contributed by atoms with Crippen molar-refractivity contribution in [2.24, 2.45) is 11.8 Å². The molecule has 38 heavy (non-hydrogen) atoms. The smallest absolute Gasteiger partial charge is 0.346 e. The standard InChI is InChI=1S/C26H32F3N3O5S/c1-4-38(34,35)21-7-6-20(30-11-21)10-31-24(33)18-5-8-22-19(9-18)13-32(23(22)16(2)3)12-17-14-36-25(37-15-17)26(27,28)29/h5-9,11,16-17,23,25H,4,10,12-15H2,1-3H3,(H,31,33)/t17-,23-,25-/m0/s1. The molecule has 0 saturated carbocycles. The Morgan fingerprint density at radius 1 is 1.18 bits per heavy atom. The fourth-order valence-corrected chi connectivity index (χ4v) is 5.78. The molecule has 0 spiro atoms. The van der Waals surface area contributed by atoms with Crippen LogP contribution in [-0.4, -0.2) is 62.2 Å². The van der Waals surface area contributed by atoms with E-state index in [4.69, 9.17) is 9.47 Å². The Bertz CT molecular complexity index is 1240. The first-order chi connectivity index (χ1) is 17.9. The molecule has 4 rings (SSSR count). The SMILES string of the molecule is CCS(=O)(=O)c1ccc(CNC(=O)c2ccc3c(c2)CN(C[C@H]2CO[C@H](C(F)(F)F)OC2)[C@H]3C(C)C)nc1. The first-order valence-electron chi connectivity index (χ1n) is 12.5. The predicted molar refractivity (Wildman–Crippen MR) is 133 cm³/mol. The normalized spacial score (nSPS) is 22.4. The first kappa shape index (κ1) is 28.5. The summed E-state index contributed by atoms with van der Waals surface area (Å²) >= 11 is 0. The second-order valence-electron chi connectivity index (χ2n) is 10.0. The second kappa shape index (κ2) is 11.3. The van der Waals surface area contributed by atoms with Gasteiger partial charge in [-0.2, -0.15) is 13.2 Å². The summed E-state index contributed by atoms with van der Waals surface area (Å²) in [7, 11) is -3.34. The highest BCUT2D eigenvalue weighted by Crippen LogP contribution is 2.40. The fraction of sp³-hybridized carbons (Fsp3) is 0.538. The third kappa shape index (κ3) is 6.36. The molecule has 1 atom stereocenters. The van der Waals surface area contributed by atoms with Crippen molar-refractivity contribution >= 4 is 15.7 Å². The molecule has 2 aliphatic heterocycles. The van der Waals surface area contributed by atoms with Crippen molar-refractivity contribution in [2.45, 2.75) is 57.3 Å². The number of benzene rings is 1. The molecule has 8 nitrogen and oxygen atoms in total. The summed E-state index contributed by atoms with van der Waals surface area (Å²) < 4.78 is 72.2. The van der Waals surface area contributed by atoms with Crippen LogP contribution in [0.4, 0.5) is 13.2 Å². The number of fused-ring (bicyclic) bond motifs is 1. The number of carbonyl (C=O) groups is 1. The number of ether oxygens (including phenoxy) is 2. The number of hydrogen-bond donors (Lipinski definition) is 1. The highest BCUT2D eigenvalue weighted by Gasteiger charge is 2.45. The van der Waals surface area contributed by atoms with E-state index in [1.165, 1.54) is 12.3 Å². The number of sulfone groups is 1. The molecule has 1 amide bonds. The molecule has 208 valence electrons. The van der Waals surface area contributed by atoms with Gasteiger partial charge in [-0.05, 0) is 41.3 Å². The van der Waals surface area contributed by atoms with E-state index in [-0.39, 0.29) is 54.2 Å². The molecule has 1 aromatic carbocycles. The van der Waals surface area contributed by atoms with Crippen molar-refractivity contribution in [2.75, 3.05) is 25.5 Å². The molecule has 0 aliphatic carbocycles. The van der Waals surface area contributed by atoms with Gasteiger partial charge >= 0.3 is 6.18 Å². The average molecular weight is 556 g/mol. The Kier molecular flexibility index (Phi) is 8.46. The van der Waals surface area contributed by atoms with Crippen LogP contribution in [0.15, 0.2) is 41.4 Å². The number of carbonyl (C=O) groups excluding carboxylic acids is 1. The molecule has 2 aromatic rings. The van der Waals surface area contributed by atoms with E-state index in [2.05, 4.69) is 29.0 Å². The van der Waals surface area contributed by atoms with Crippen LogP contribution in [0.25, 0.3) is 0 Å². The summed E-state index contributed by atoms with van der Waals surface area (Å²) in [6.07, 6.45) is -5.42. The number of pyridine rings is 1. The zero-order valence-corrected chi connectivity index (χ0v) is 22.3. The highest BCUT2D eigenvalue weighted by atomic mass is 32.2. The number of nitrogens with one attached hydrogen (secondary N) is 1. The van der Waals surface area contributed by atoms with Crippen LogP contribution in [0, 0.1) is 11.8 Å². The predicted octanol–water partition coefficient (Wildman–Crippen LogP) is 3.87. The number of amides is 1. The summed E-state index contributed by atoms with van der Waals surface area (Å²) in [4.78, 5) is 19.3. The van der Waals surface area contributed by atoms with E-state index in [0.29, 0.717) is 24.3 Å². The van der Waals surface area contributed by atoms with E-state index >= 15 is 0 Å². The molecule has 1 N–H and O–H groups in total. The molecule has 1 aromatic heterocycles. The minimum Gasteiger partial charge on any atom is -0.346 e. The molecule has 3 heterocycles. The Hall–Kier alpha value is -2.54. The monoisotopic (exact) mass is 555 g/mol. The van der Waals surface area contributed by atoms with Gasteiger partial charge in [0.25, 0.3) is 12.2 Å². The Morgan fingerprint density at radius 2 is 1.89 bits per heavy atom. The van der Waals surface area contributed by atoms with Gasteiger partial charge in [0.2, 0.25) is 0 Å². The van der Waals surface area contributed by atoms with Gasteiger partial charge in [0, 0.05) is 36.8 Å². The third-order valence-corrected chi connectivity index (χ3v) is 8.54. The van der Waals surface area contributed by atoms with Crippen LogP contribution in [0.1, 0.15) is 54.0 Å². The number of halogens is 3. The zero-order chi connectivity index (χ0) is 27.7. The van der Waals surface area contributed by atoms with Crippen molar-refractivity contribution in [3.8, 4) is 0 Å². The van der Waals surface area contributed by atoms with Crippen molar-refractivity contribution < 1.29 is 35.9 Å². The minimum atomic E-state index is -4.54. The van der Waals surface area contributed by atoms with Gasteiger partial charge in [0.15, 0.2) is 9.84 Å². The summed E-state index contributed by atoms with van der Waals surface area (Å²) in [5.41, 5.74) is 3.10. The van der Waals surface area contributed by atoms with E-state index in [1.54, 1.807) is 19.1 Å². The lowest BCUT2D eigenvalue weighted by Crippen LogP contribution is -2.45. The van der Waals surface area contributed by atoms with Crippen LogP contribution in [0.5, 0.6) is 0 Å². The molecule has 1 fully saturated rings. The molecule has 1 saturated heterocycles. The number of nitrogens with zero attached hydrogens (tertiary/aromatic N) is 2. The number of aromatic nitrogens is 1. The molecule has 0 unspecified atom stereocenters. The summed E-state index contributed by atoms with van der Waals surface area (Å²) in [5, 5.41) is 2.82. The van der Waals surface area contributed by atoms with Gasteiger partial charge in [0.1, 0.15) is 0 Å². The summed E-state index contributed by atoms with van der Waals surface area (Å²) in [5.74, 6) is -0.251. The molecule has 12 heteroatoms. The molecular formula is C26H32F3N3O5S. The Balaban J connectivity index is 1.38. The lowest BCUT2D eigenvalue weighted by Gasteiger charge is -2.35. The maximum absolute atomic E-state index is 12.8. The number of hydrogen-bond acceptors (Lipinski definition) is 7. The minimum absolute atomic E-state index is 0.0150. The van der Waals surface area contributed by atoms with E-state index < -0.39 is 22.3 Å². The summed E-state index contributed by atoms with van der Waals surface area (Å²) in [6.45, 7) is 6.89. The van der Waals surface area contributed by atoms with Gasteiger partial charge < -0.3 is 14.8 Å². The quantitative estimate of drug-likeness (QED) is 0.528. The fourth-order valence-electron chi connectivity index (χ4n) is 4.95. The zero-order valence-electron chi connectivity index (χ0n) is 21.5. The number of rotatable bonds is 8. The van der Waals surface area contributed by atoms with Crippen LogP contribution in [-0.2, 0) is 32.4 Å². The molecular weight excluding hydrogens is 523 g/mol. The van der Waals surface area contributed by atoms with E-state index in [9.17, 15) is 26.4 Å². The molecule has 0 radical (unpaired) electrons. The maximum atomic E-state index is 12.8. The van der Waals surface area contributed by atoms with Gasteiger partial charge in [-0.25, -0.2) is 8.42 Å². The molecule has 2 aliphatic rings. The van der Waals surface area contributed by atoms with Gasteiger partial charge in [-0.15, -0.1) is 0 Å². The third-order valence-electron chi connectivity index (χ3n) is 6.82. The first-order valence-corrected chi connectivity index (χ1v) is 14.2. The summed E-state index contributed by atoms with van der Waals surface area (Å²) in [6, 6.07) is 8.66. The van der Waals surface area contributed by atoms with Crippen molar-refractivity contribution in [1.29, 1.82) is 0 Å².